The van der Waals surface area contributed by atoms with Gasteiger partial charge in [-0.2, -0.15) is 0 Å². The second-order valence-electron chi connectivity index (χ2n) is 10.5. The Hall–Kier alpha value is -4.85. The Morgan fingerprint density at radius 3 is 2.15 bits per heavy atom. The first-order valence-electron chi connectivity index (χ1n) is 13.5. The molecular weight excluding hydrogens is 509 g/mol. The molecule has 0 N–H and O–H groups in total. The fourth-order valence-corrected chi connectivity index (χ4v) is 9.95. The number of rotatable bonds is 2. The van der Waals surface area contributed by atoms with Crippen LogP contribution in [0.5, 0.6) is 0 Å². The Kier molecular flexibility index (Phi) is 4.32. The zero-order valence-corrected chi connectivity index (χ0v) is 22.3. The average molecular weight is 532 g/mol. The molecule has 0 saturated carbocycles. The molecular formula is C36H22NO2P. The summed E-state index contributed by atoms with van der Waals surface area (Å²) in [6, 6.07) is 45.6. The van der Waals surface area contributed by atoms with Crippen molar-refractivity contribution < 1.29 is 8.98 Å². The Labute approximate surface area is 230 Å². The zero-order chi connectivity index (χ0) is 26.4. The van der Waals surface area contributed by atoms with Gasteiger partial charge in [0.1, 0.15) is 11.2 Å². The lowest BCUT2D eigenvalue weighted by Gasteiger charge is -2.18. The molecule has 3 heterocycles. The van der Waals surface area contributed by atoms with E-state index in [2.05, 4.69) is 71.3 Å². The molecule has 3 nitrogen and oxygen atoms in total. The van der Waals surface area contributed by atoms with Gasteiger partial charge in [0, 0.05) is 43.9 Å². The van der Waals surface area contributed by atoms with Crippen LogP contribution in [0, 0.1) is 0 Å². The van der Waals surface area contributed by atoms with Gasteiger partial charge in [-0.25, -0.2) is 0 Å². The summed E-state index contributed by atoms with van der Waals surface area (Å²) in [6.07, 6.45) is 0. The summed E-state index contributed by atoms with van der Waals surface area (Å²) in [4.78, 5) is 0. The van der Waals surface area contributed by atoms with E-state index in [4.69, 9.17) is 4.42 Å². The van der Waals surface area contributed by atoms with Gasteiger partial charge in [-0.05, 0) is 35.4 Å². The van der Waals surface area contributed by atoms with E-state index in [-0.39, 0.29) is 0 Å². The van der Waals surface area contributed by atoms with Crippen molar-refractivity contribution in [1.29, 1.82) is 0 Å². The Morgan fingerprint density at radius 1 is 0.550 bits per heavy atom. The van der Waals surface area contributed by atoms with Crippen LogP contribution in [0.1, 0.15) is 0 Å². The molecule has 1 aliphatic heterocycles. The first kappa shape index (κ1) is 22.0. The van der Waals surface area contributed by atoms with Crippen molar-refractivity contribution in [2.45, 2.75) is 0 Å². The molecule has 9 rings (SSSR count). The summed E-state index contributed by atoms with van der Waals surface area (Å²) in [6.45, 7) is 0. The van der Waals surface area contributed by atoms with E-state index in [1.807, 2.05) is 66.7 Å². The van der Waals surface area contributed by atoms with E-state index >= 15 is 4.57 Å². The third-order valence-corrected chi connectivity index (χ3v) is 11.6. The number of benzene rings is 6. The molecule has 8 aromatic rings. The highest BCUT2D eigenvalue weighted by Gasteiger charge is 2.42. The molecule has 4 heteroatoms. The Balaban J connectivity index is 1.46. The van der Waals surface area contributed by atoms with Crippen LogP contribution >= 0.6 is 7.14 Å². The minimum absolute atomic E-state index is 0.840. The first-order chi connectivity index (χ1) is 19.7. The summed E-state index contributed by atoms with van der Waals surface area (Å²) in [5.41, 5.74) is 6.88. The molecule has 6 aromatic carbocycles. The fourth-order valence-electron chi connectivity index (χ4n) is 6.70. The topological polar surface area (TPSA) is 35.1 Å². The molecule has 1 unspecified atom stereocenters. The Bertz CT molecular complexity index is 2360. The van der Waals surface area contributed by atoms with Crippen LogP contribution in [0.3, 0.4) is 0 Å². The second kappa shape index (κ2) is 7.85. The van der Waals surface area contributed by atoms with E-state index in [1.165, 1.54) is 0 Å². The summed E-state index contributed by atoms with van der Waals surface area (Å²) in [7, 11) is -3.17. The van der Waals surface area contributed by atoms with Crippen LogP contribution in [-0.4, -0.2) is 4.57 Å². The SMILES string of the molecule is O=P1(c2ccccc2)c2ccccc2-c2ccc3c4ccccc4n(-c4ccc5c(c4)oc4ccccc45)c3c21. The van der Waals surface area contributed by atoms with Gasteiger partial charge in [-0.3, -0.25) is 0 Å². The van der Waals surface area contributed by atoms with Crippen molar-refractivity contribution in [3.63, 3.8) is 0 Å². The van der Waals surface area contributed by atoms with Crippen molar-refractivity contribution in [3.8, 4) is 16.8 Å². The highest BCUT2D eigenvalue weighted by atomic mass is 31.2. The third kappa shape index (κ3) is 2.72. The average Bonchev–Trinajstić information content (AvgIpc) is 3.64. The summed E-state index contributed by atoms with van der Waals surface area (Å²) >= 11 is 0. The van der Waals surface area contributed by atoms with Gasteiger partial charge in [0.05, 0.1) is 16.3 Å². The zero-order valence-electron chi connectivity index (χ0n) is 21.4. The van der Waals surface area contributed by atoms with Gasteiger partial charge in [-0.15, -0.1) is 0 Å². The van der Waals surface area contributed by atoms with Gasteiger partial charge in [0.25, 0.3) is 0 Å². The predicted octanol–water partition coefficient (Wildman–Crippen LogP) is 8.30. The maximum atomic E-state index is 15.6. The highest BCUT2D eigenvalue weighted by Crippen LogP contribution is 2.54. The van der Waals surface area contributed by atoms with Crippen molar-refractivity contribution >= 4 is 66.8 Å². The molecule has 0 fully saturated rings. The number of fused-ring (bicyclic) bond motifs is 10. The van der Waals surface area contributed by atoms with E-state index in [0.717, 1.165) is 76.5 Å². The minimum Gasteiger partial charge on any atom is -0.456 e. The van der Waals surface area contributed by atoms with Crippen LogP contribution in [0.4, 0.5) is 0 Å². The van der Waals surface area contributed by atoms with E-state index in [9.17, 15) is 0 Å². The van der Waals surface area contributed by atoms with Crippen LogP contribution < -0.4 is 15.9 Å². The van der Waals surface area contributed by atoms with Crippen LogP contribution in [-0.2, 0) is 4.57 Å². The molecule has 0 amide bonds. The van der Waals surface area contributed by atoms with Crippen molar-refractivity contribution in [3.05, 3.63) is 133 Å². The number of para-hydroxylation sites is 2. The maximum Gasteiger partial charge on any atom is 0.174 e. The molecule has 2 aromatic heterocycles. The van der Waals surface area contributed by atoms with E-state index in [1.54, 1.807) is 0 Å². The highest BCUT2D eigenvalue weighted by molar-refractivity contribution is 7.86. The second-order valence-corrected chi connectivity index (χ2v) is 13.1. The lowest BCUT2D eigenvalue weighted by Crippen LogP contribution is -2.22. The number of hydrogen-bond acceptors (Lipinski definition) is 2. The van der Waals surface area contributed by atoms with Gasteiger partial charge >= 0.3 is 0 Å². The normalized spacial score (nSPS) is 16.2. The molecule has 0 aliphatic carbocycles. The number of hydrogen-bond donors (Lipinski definition) is 0. The van der Waals surface area contributed by atoms with Crippen LogP contribution in [0.25, 0.3) is 60.6 Å². The lowest BCUT2D eigenvalue weighted by atomic mass is 10.0. The number of nitrogens with zero attached hydrogens (tertiary/aromatic N) is 1. The number of furan rings is 1. The molecule has 0 saturated heterocycles. The third-order valence-electron chi connectivity index (χ3n) is 8.40. The molecule has 0 bridgehead atoms. The van der Waals surface area contributed by atoms with Crippen molar-refractivity contribution in [2.75, 3.05) is 0 Å². The summed E-state index contributed by atoms with van der Waals surface area (Å²) in [5, 5.41) is 7.12. The standard InChI is InChI=1S/C36H22NO2P/c38-40(24-10-2-1-3-11-24)34-17-9-6-14-28(34)30-21-20-29-25-12-4-7-15-31(25)37(35(29)36(30)40)23-18-19-27-26-13-5-8-16-32(26)39-33(27)22-23/h1-22H. The first-order valence-corrected chi connectivity index (χ1v) is 15.2. The quantitative estimate of drug-likeness (QED) is 0.210. The predicted molar refractivity (Wildman–Crippen MR) is 166 cm³/mol. The molecule has 0 spiro atoms. The monoisotopic (exact) mass is 531 g/mol. The lowest BCUT2D eigenvalue weighted by molar-refractivity contribution is 0.593. The van der Waals surface area contributed by atoms with Gasteiger partial charge in [-0.1, -0.05) is 103 Å². The molecule has 40 heavy (non-hydrogen) atoms. The smallest absolute Gasteiger partial charge is 0.174 e. The molecule has 1 atom stereocenters. The van der Waals surface area contributed by atoms with Crippen molar-refractivity contribution in [1.82, 2.24) is 4.57 Å². The van der Waals surface area contributed by atoms with E-state index < -0.39 is 7.14 Å². The maximum absolute atomic E-state index is 15.6. The van der Waals surface area contributed by atoms with Crippen LogP contribution in [0.15, 0.2) is 138 Å². The van der Waals surface area contributed by atoms with Crippen molar-refractivity contribution in [2.24, 2.45) is 0 Å². The summed E-state index contributed by atoms with van der Waals surface area (Å²) in [5.74, 6) is 0. The summed E-state index contributed by atoms with van der Waals surface area (Å²) < 4.78 is 24.2. The van der Waals surface area contributed by atoms with Crippen LogP contribution in [0.2, 0.25) is 0 Å². The number of aromatic nitrogens is 1. The largest absolute Gasteiger partial charge is 0.456 e. The molecule has 0 radical (unpaired) electrons. The Morgan fingerprint density at radius 2 is 1.25 bits per heavy atom. The van der Waals surface area contributed by atoms with Gasteiger partial charge < -0.3 is 13.5 Å². The minimum atomic E-state index is -3.17. The fraction of sp³-hybridized carbons (Fsp3) is 0. The van der Waals surface area contributed by atoms with Gasteiger partial charge in [0.15, 0.2) is 7.14 Å². The van der Waals surface area contributed by atoms with Gasteiger partial charge in [0.2, 0.25) is 0 Å². The van der Waals surface area contributed by atoms with E-state index in [0.29, 0.717) is 0 Å². The molecule has 188 valence electrons. The molecule has 1 aliphatic rings.